The maximum Gasteiger partial charge on any atom is 0.154 e. The fourth-order valence-corrected chi connectivity index (χ4v) is 1.34. The summed E-state index contributed by atoms with van der Waals surface area (Å²) in [5.74, 6) is -0.176. The van der Waals surface area contributed by atoms with Crippen molar-refractivity contribution >= 4 is 16.9 Å². The van der Waals surface area contributed by atoms with Crippen LogP contribution in [0.5, 0.6) is 0 Å². The fourth-order valence-electron chi connectivity index (χ4n) is 1.34. The molecule has 0 amide bonds. The molecular formula is C8H9FN4. The molecule has 0 saturated heterocycles. The number of hydrogen-bond acceptors (Lipinski definition) is 3. The van der Waals surface area contributed by atoms with Crippen LogP contribution in [0.2, 0.25) is 0 Å². The van der Waals surface area contributed by atoms with Crippen LogP contribution in [-0.2, 0) is 6.54 Å². The third-order valence-electron chi connectivity index (χ3n) is 1.98. The number of anilines is 1. The summed E-state index contributed by atoms with van der Waals surface area (Å²) in [6.45, 7) is 2.58. The summed E-state index contributed by atoms with van der Waals surface area (Å²) >= 11 is 0. The molecule has 0 aromatic carbocycles. The topological polar surface area (TPSA) is 56.7 Å². The van der Waals surface area contributed by atoms with Gasteiger partial charge in [-0.3, -0.25) is 0 Å². The minimum Gasteiger partial charge on any atom is -0.383 e. The molecule has 13 heavy (non-hydrogen) atoms. The van der Waals surface area contributed by atoms with E-state index in [0.717, 1.165) is 0 Å². The molecule has 5 heteroatoms. The summed E-state index contributed by atoms with van der Waals surface area (Å²) in [5.41, 5.74) is 6.07. The summed E-state index contributed by atoms with van der Waals surface area (Å²) < 4.78 is 15.0. The SMILES string of the molecule is CCn1cc(F)c2c(N)ncnc21. The monoisotopic (exact) mass is 180 g/mol. The molecular weight excluding hydrogens is 171 g/mol. The van der Waals surface area contributed by atoms with Gasteiger partial charge in [0.2, 0.25) is 0 Å². The molecule has 0 aliphatic rings. The zero-order valence-corrected chi connectivity index (χ0v) is 7.16. The van der Waals surface area contributed by atoms with Crippen LogP contribution >= 0.6 is 0 Å². The lowest BCUT2D eigenvalue weighted by atomic mass is 10.4. The number of aromatic nitrogens is 3. The third-order valence-corrected chi connectivity index (χ3v) is 1.98. The van der Waals surface area contributed by atoms with Crippen molar-refractivity contribution in [2.45, 2.75) is 13.5 Å². The Kier molecular flexibility index (Phi) is 1.65. The predicted molar refractivity (Wildman–Crippen MR) is 47.6 cm³/mol. The highest BCUT2D eigenvalue weighted by atomic mass is 19.1. The minimum atomic E-state index is -0.366. The van der Waals surface area contributed by atoms with Gasteiger partial charge in [-0.2, -0.15) is 0 Å². The van der Waals surface area contributed by atoms with Crippen LogP contribution in [0.1, 0.15) is 6.92 Å². The highest BCUT2D eigenvalue weighted by Crippen LogP contribution is 2.21. The van der Waals surface area contributed by atoms with Crippen LogP contribution in [0, 0.1) is 5.82 Å². The molecule has 0 fully saturated rings. The van der Waals surface area contributed by atoms with Crippen LogP contribution in [0.4, 0.5) is 10.2 Å². The first-order chi connectivity index (χ1) is 6.24. The standard InChI is InChI=1S/C8H9FN4/c1-2-13-3-5(9)6-7(10)11-4-12-8(6)13/h3-4H,2H2,1H3,(H2,10,11,12). The number of nitrogens with zero attached hydrogens (tertiary/aromatic N) is 3. The minimum absolute atomic E-state index is 0.190. The summed E-state index contributed by atoms with van der Waals surface area (Å²) in [6.07, 6.45) is 2.72. The molecule has 2 rings (SSSR count). The zero-order chi connectivity index (χ0) is 9.42. The zero-order valence-electron chi connectivity index (χ0n) is 7.16. The quantitative estimate of drug-likeness (QED) is 0.716. The lowest BCUT2D eigenvalue weighted by molar-refractivity contribution is 0.627. The normalized spacial score (nSPS) is 10.9. The van der Waals surface area contributed by atoms with E-state index in [2.05, 4.69) is 9.97 Å². The van der Waals surface area contributed by atoms with Gasteiger partial charge in [-0.1, -0.05) is 0 Å². The highest BCUT2D eigenvalue weighted by Gasteiger charge is 2.11. The Morgan fingerprint density at radius 2 is 2.31 bits per heavy atom. The second-order valence-electron chi connectivity index (χ2n) is 2.72. The fraction of sp³-hybridized carbons (Fsp3) is 0.250. The van der Waals surface area contributed by atoms with Gasteiger partial charge < -0.3 is 10.3 Å². The van der Waals surface area contributed by atoms with Gasteiger partial charge in [0.05, 0.1) is 5.39 Å². The van der Waals surface area contributed by atoms with Crippen LogP contribution in [0.3, 0.4) is 0 Å². The van der Waals surface area contributed by atoms with Gasteiger partial charge in [-0.15, -0.1) is 0 Å². The molecule has 2 aromatic rings. The number of fused-ring (bicyclic) bond motifs is 1. The summed E-state index contributed by atoms with van der Waals surface area (Å²) in [7, 11) is 0. The molecule has 0 spiro atoms. The molecule has 0 atom stereocenters. The Morgan fingerprint density at radius 3 is 3.00 bits per heavy atom. The Labute approximate surface area is 74.2 Å². The molecule has 0 radical (unpaired) electrons. The van der Waals surface area contributed by atoms with Crippen molar-refractivity contribution in [1.29, 1.82) is 0 Å². The third kappa shape index (κ3) is 1.04. The van der Waals surface area contributed by atoms with E-state index in [1.54, 1.807) is 4.57 Å². The molecule has 0 bridgehead atoms. The van der Waals surface area contributed by atoms with Gasteiger partial charge in [-0.25, -0.2) is 14.4 Å². The van der Waals surface area contributed by atoms with E-state index in [1.165, 1.54) is 12.5 Å². The van der Waals surface area contributed by atoms with Crippen molar-refractivity contribution in [2.75, 3.05) is 5.73 Å². The lowest BCUT2D eigenvalue weighted by Gasteiger charge is -1.98. The number of aryl methyl sites for hydroxylation is 1. The maximum absolute atomic E-state index is 13.3. The Balaban J connectivity index is 2.87. The number of rotatable bonds is 1. The summed E-state index contributed by atoms with van der Waals surface area (Å²) in [6, 6.07) is 0. The van der Waals surface area contributed by atoms with Crippen LogP contribution in [0.15, 0.2) is 12.5 Å². The van der Waals surface area contributed by atoms with E-state index < -0.39 is 0 Å². The van der Waals surface area contributed by atoms with Gasteiger partial charge in [-0.05, 0) is 6.92 Å². The van der Waals surface area contributed by atoms with E-state index in [9.17, 15) is 4.39 Å². The smallest absolute Gasteiger partial charge is 0.154 e. The molecule has 0 aliphatic heterocycles. The van der Waals surface area contributed by atoms with Gasteiger partial charge in [0.15, 0.2) is 5.82 Å². The van der Waals surface area contributed by atoms with E-state index in [-0.39, 0.29) is 11.6 Å². The predicted octanol–water partition coefficient (Wildman–Crippen LogP) is 1.17. The van der Waals surface area contributed by atoms with Gasteiger partial charge in [0.1, 0.15) is 17.8 Å². The molecule has 4 nitrogen and oxygen atoms in total. The first-order valence-corrected chi connectivity index (χ1v) is 3.99. The van der Waals surface area contributed by atoms with E-state index in [4.69, 9.17) is 5.73 Å². The van der Waals surface area contributed by atoms with Crippen molar-refractivity contribution in [2.24, 2.45) is 0 Å². The van der Waals surface area contributed by atoms with Gasteiger partial charge in [0, 0.05) is 12.7 Å². The largest absolute Gasteiger partial charge is 0.383 e. The molecule has 68 valence electrons. The first-order valence-electron chi connectivity index (χ1n) is 3.99. The summed E-state index contributed by atoms with van der Waals surface area (Å²) in [5, 5.41) is 0.310. The van der Waals surface area contributed by atoms with Gasteiger partial charge in [0.25, 0.3) is 0 Å². The molecule has 2 aromatic heterocycles. The second kappa shape index (κ2) is 2.69. The molecule has 0 unspecified atom stereocenters. The first kappa shape index (κ1) is 7.97. The van der Waals surface area contributed by atoms with E-state index in [0.29, 0.717) is 17.6 Å². The Bertz CT molecular complexity index is 449. The van der Waals surface area contributed by atoms with Crippen molar-refractivity contribution in [3.05, 3.63) is 18.3 Å². The number of hydrogen-bond donors (Lipinski definition) is 1. The highest BCUT2D eigenvalue weighted by molar-refractivity contribution is 5.86. The van der Waals surface area contributed by atoms with Crippen molar-refractivity contribution < 1.29 is 4.39 Å². The Hall–Kier alpha value is -1.65. The van der Waals surface area contributed by atoms with Gasteiger partial charge >= 0.3 is 0 Å². The number of halogens is 1. The molecule has 2 heterocycles. The average molecular weight is 180 g/mol. The number of nitrogens with two attached hydrogens (primary N) is 1. The molecule has 0 saturated carbocycles. The summed E-state index contributed by atoms with van der Waals surface area (Å²) in [4.78, 5) is 7.69. The van der Waals surface area contributed by atoms with E-state index >= 15 is 0 Å². The van der Waals surface area contributed by atoms with E-state index in [1.807, 2.05) is 6.92 Å². The van der Waals surface area contributed by atoms with Crippen LogP contribution in [-0.4, -0.2) is 14.5 Å². The molecule has 0 aliphatic carbocycles. The molecule has 2 N–H and O–H groups in total. The van der Waals surface area contributed by atoms with Crippen LogP contribution in [0.25, 0.3) is 11.0 Å². The van der Waals surface area contributed by atoms with Crippen LogP contribution < -0.4 is 5.73 Å². The maximum atomic E-state index is 13.3. The van der Waals surface area contributed by atoms with Crippen molar-refractivity contribution in [3.8, 4) is 0 Å². The average Bonchev–Trinajstić information content (AvgIpc) is 2.44. The van der Waals surface area contributed by atoms with Crippen molar-refractivity contribution in [1.82, 2.24) is 14.5 Å². The van der Waals surface area contributed by atoms with Crippen molar-refractivity contribution in [3.63, 3.8) is 0 Å². The second-order valence-corrected chi connectivity index (χ2v) is 2.72. The Morgan fingerprint density at radius 1 is 1.54 bits per heavy atom. The number of nitrogen functional groups attached to an aromatic ring is 1. The lowest BCUT2D eigenvalue weighted by Crippen LogP contribution is -1.96.